The molecule has 2 heterocycles. The van der Waals surface area contributed by atoms with Crippen LogP contribution in [-0.2, 0) is 22.4 Å². The number of rotatable bonds is 4. The average molecular weight is 377 g/mol. The predicted octanol–water partition coefficient (Wildman–Crippen LogP) is 2.21. The van der Waals surface area contributed by atoms with Crippen LogP contribution in [0.3, 0.4) is 0 Å². The second-order valence-electron chi connectivity index (χ2n) is 6.55. The van der Waals surface area contributed by atoms with E-state index in [9.17, 15) is 9.59 Å². The van der Waals surface area contributed by atoms with E-state index in [-0.39, 0.29) is 6.04 Å². The van der Waals surface area contributed by atoms with Crippen molar-refractivity contribution in [3.63, 3.8) is 0 Å². The molecule has 8 heteroatoms. The van der Waals surface area contributed by atoms with Crippen LogP contribution in [0.5, 0.6) is 11.5 Å². The molecule has 0 saturated heterocycles. The number of benzene rings is 1. The maximum Gasteiger partial charge on any atom is 0.313 e. The van der Waals surface area contributed by atoms with Gasteiger partial charge in [-0.2, -0.15) is 5.10 Å². The number of ether oxygens (including phenoxy) is 1. The van der Waals surface area contributed by atoms with Crippen molar-refractivity contribution in [3.8, 4) is 11.5 Å². The average Bonchev–Trinajstić information content (AvgIpc) is 3.17. The smallest absolute Gasteiger partial charge is 0.313 e. The molecule has 1 aliphatic rings. The standard InChI is InChI=1S/C20H19N5O3/c26-19(20(27)24-15-5-4-13-12-22-25-18(13)11-15)23-14-2-1-3-17(10-14)28-16-6-8-21-9-7-16/h1-3,6-10,12,15H,4-5,11H2,(H,22,25)(H,23,26)(H,24,27)/t15-/m0/s1. The third-order valence-corrected chi connectivity index (χ3v) is 4.54. The third kappa shape index (κ3) is 4.17. The maximum atomic E-state index is 12.3. The number of hydrogen-bond donors (Lipinski definition) is 3. The number of carbonyl (C=O) groups is 2. The normalized spacial score (nSPS) is 15.4. The van der Waals surface area contributed by atoms with Crippen LogP contribution in [0.1, 0.15) is 17.7 Å². The number of amides is 2. The van der Waals surface area contributed by atoms with Crippen LogP contribution < -0.4 is 15.4 Å². The lowest BCUT2D eigenvalue weighted by molar-refractivity contribution is -0.136. The van der Waals surface area contributed by atoms with Gasteiger partial charge in [0.05, 0.1) is 6.20 Å². The molecular weight excluding hydrogens is 358 g/mol. The van der Waals surface area contributed by atoms with Crippen LogP contribution in [-0.4, -0.2) is 33.0 Å². The Kier molecular flexibility index (Phi) is 5.01. The molecule has 0 unspecified atom stereocenters. The molecule has 0 aliphatic heterocycles. The van der Waals surface area contributed by atoms with Crippen LogP contribution >= 0.6 is 0 Å². The van der Waals surface area contributed by atoms with Crippen molar-refractivity contribution < 1.29 is 14.3 Å². The molecule has 2 amide bonds. The van der Waals surface area contributed by atoms with Gasteiger partial charge in [-0.05, 0) is 42.7 Å². The SMILES string of the molecule is O=C(Nc1cccc(Oc2ccncc2)c1)C(=O)N[C@H]1CCc2cn[nH]c2C1. The Morgan fingerprint density at radius 1 is 1.11 bits per heavy atom. The quantitative estimate of drug-likeness (QED) is 0.604. The zero-order valence-electron chi connectivity index (χ0n) is 15.0. The maximum absolute atomic E-state index is 12.3. The summed E-state index contributed by atoms with van der Waals surface area (Å²) in [5, 5.41) is 12.3. The van der Waals surface area contributed by atoms with Gasteiger partial charge in [0.2, 0.25) is 0 Å². The summed E-state index contributed by atoms with van der Waals surface area (Å²) in [7, 11) is 0. The van der Waals surface area contributed by atoms with E-state index >= 15 is 0 Å². The first-order chi connectivity index (χ1) is 13.7. The topological polar surface area (TPSA) is 109 Å². The van der Waals surface area contributed by atoms with Crippen molar-refractivity contribution in [2.45, 2.75) is 25.3 Å². The molecule has 28 heavy (non-hydrogen) atoms. The van der Waals surface area contributed by atoms with Gasteiger partial charge in [0.25, 0.3) is 0 Å². The van der Waals surface area contributed by atoms with Crippen molar-refractivity contribution in [1.82, 2.24) is 20.5 Å². The highest BCUT2D eigenvalue weighted by atomic mass is 16.5. The largest absolute Gasteiger partial charge is 0.457 e. The molecule has 3 aromatic rings. The Hall–Kier alpha value is -3.68. The summed E-state index contributed by atoms with van der Waals surface area (Å²) in [6.45, 7) is 0. The minimum absolute atomic E-state index is 0.0902. The van der Waals surface area contributed by atoms with Gasteiger partial charge in [-0.3, -0.25) is 19.7 Å². The lowest BCUT2D eigenvalue weighted by Gasteiger charge is -2.22. The summed E-state index contributed by atoms with van der Waals surface area (Å²) >= 11 is 0. The minimum Gasteiger partial charge on any atom is -0.457 e. The summed E-state index contributed by atoms with van der Waals surface area (Å²) in [5.41, 5.74) is 2.66. The zero-order chi connectivity index (χ0) is 19.3. The Morgan fingerprint density at radius 3 is 2.82 bits per heavy atom. The molecule has 1 aromatic carbocycles. The molecule has 0 saturated carbocycles. The van der Waals surface area contributed by atoms with E-state index in [1.54, 1.807) is 55.0 Å². The van der Waals surface area contributed by atoms with Gasteiger partial charge in [0.15, 0.2) is 0 Å². The number of aromatic amines is 1. The van der Waals surface area contributed by atoms with E-state index in [4.69, 9.17) is 4.74 Å². The van der Waals surface area contributed by atoms with Gasteiger partial charge in [-0.1, -0.05) is 6.07 Å². The number of carbonyl (C=O) groups excluding carboxylic acids is 2. The van der Waals surface area contributed by atoms with Gasteiger partial charge in [0, 0.05) is 42.3 Å². The van der Waals surface area contributed by atoms with Crippen LogP contribution in [0.4, 0.5) is 5.69 Å². The van der Waals surface area contributed by atoms with Gasteiger partial charge in [0.1, 0.15) is 11.5 Å². The second-order valence-corrected chi connectivity index (χ2v) is 6.55. The second kappa shape index (κ2) is 7.91. The Bertz CT molecular complexity index is 986. The number of aromatic nitrogens is 3. The molecule has 8 nitrogen and oxygen atoms in total. The fourth-order valence-corrected chi connectivity index (χ4v) is 3.15. The molecule has 1 aliphatic carbocycles. The Morgan fingerprint density at radius 2 is 1.96 bits per heavy atom. The van der Waals surface area contributed by atoms with Crippen molar-refractivity contribution in [2.75, 3.05) is 5.32 Å². The number of fused-ring (bicyclic) bond motifs is 1. The fourth-order valence-electron chi connectivity index (χ4n) is 3.15. The fraction of sp³-hybridized carbons (Fsp3) is 0.200. The molecule has 142 valence electrons. The van der Waals surface area contributed by atoms with Gasteiger partial charge in [-0.25, -0.2) is 0 Å². The van der Waals surface area contributed by atoms with Gasteiger partial charge < -0.3 is 15.4 Å². The first kappa shape index (κ1) is 17.7. The van der Waals surface area contributed by atoms with E-state index in [2.05, 4.69) is 25.8 Å². The van der Waals surface area contributed by atoms with Crippen molar-refractivity contribution in [1.29, 1.82) is 0 Å². The first-order valence-corrected chi connectivity index (χ1v) is 8.98. The highest BCUT2D eigenvalue weighted by Crippen LogP contribution is 2.23. The lowest BCUT2D eigenvalue weighted by atomic mass is 9.94. The molecule has 0 fully saturated rings. The van der Waals surface area contributed by atoms with Crippen molar-refractivity contribution in [2.24, 2.45) is 0 Å². The molecule has 3 N–H and O–H groups in total. The van der Waals surface area contributed by atoms with Crippen molar-refractivity contribution in [3.05, 3.63) is 66.2 Å². The third-order valence-electron chi connectivity index (χ3n) is 4.54. The number of H-pyrrole nitrogens is 1. The summed E-state index contributed by atoms with van der Waals surface area (Å²) in [6.07, 6.45) is 7.31. The van der Waals surface area contributed by atoms with E-state index in [1.807, 2.05) is 0 Å². The van der Waals surface area contributed by atoms with E-state index in [0.717, 1.165) is 18.5 Å². The zero-order valence-corrected chi connectivity index (χ0v) is 15.0. The van der Waals surface area contributed by atoms with Gasteiger partial charge in [-0.15, -0.1) is 0 Å². The Balaban J connectivity index is 1.34. The summed E-state index contributed by atoms with van der Waals surface area (Å²) in [6, 6.07) is 10.2. The number of nitrogens with zero attached hydrogens (tertiary/aromatic N) is 2. The van der Waals surface area contributed by atoms with E-state index < -0.39 is 11.8 Å². The Labute approximate surface area is 161 Å². The highest BCUT2D eigenvalue weighted by molar-refractivity contribution is 6.39. The van der Waals surface area contributed by atoms with E-state index in [0.29, 0.717) is 23.6 Å². The van der Waals surface area contributed by atoms with E-state index in [1.165, 1.54) is 5.56 Å². The first-order valence-electron chi connectivity index (χ1n) is 8.98. The summed E-state index contributed by atoms with van der Waals surface area (Å²) in [5.74, 6) is -0.194. The van der Waals surface area contributed by atoms with Crippen molar-refractivity contribution >= 4 is 17.5 Å². The number of pyridine rings is 1. The van der Waals surface area contributed by atoms with Crippen LogP contribution in [0.15, 0.2) is 55.0 Å². The lowest BCUT2D eigenvalue weighted by Crippen LogP contribution is -2.44. The number of hydrogen-bond acceptors (Lipinski definition) is 5. The molecule has 0 bridgehead atoms. The molecule has 0 radical (unpaired) electrons. The monoisotopic (exact) mass is 377 g/mol. The van der Waals surface area contributed by atoms with Crippen LogP contribution in [0.2, 0.25) is 0 Å². The summed E-state index contributed by atoms with van der Waals surface area (Å²) < 4.78 is 5.71. The number of nitrogens with one attached hydrogen (secondary N) is 3. The minimum atomic E-state index is -0.712. The van der Waals surface area contributed by atoms with Crippen LogP contribution in [0.25, 0.3) is 0 Å². The molecule has 1 atom stereocenters. The van der Waals surface area contributed by atoms with Crippen LogP contribution in [0, 0.1) is 0 Å². The predicted molar refractivity (Wildman–Crippen MR) is 102 cm³/mol. The molecular formula is C20H19N5O3. The highest BCUT2D eigenvalue weighted by Gasteiger charge is 2.24. The summed E-state index contributed by atoms with van der Waals surface area (Å²) in [4.78, 5) is 28.4. The number of anilines is 1. The van der Waals surface area contributed by atoms with Gasteiger partial charge >= 0.3 is 11.8 Å². The molecule has 0 spiro atoms. The molecule has 2 aromatic heterocycles. The molecule has 4 rings (SSSR count). The number of aryl methyl sites for hydroxylation is 1.